The third kappa shape index (κ3) is 3.60. The Morgan fingerprint density at radius 2 is 1.59 bits per heavy atom. The van der Waals surface area contributed by atoms with Crippen molar-refractivity contribution in [3.05, 3.63) is 67.7 Å². The van der Waals surface area contributed by atoms with E-state index in [1.165, 1.54) is 6.33 Å². The van der Waals surface area contributed by atoms with E-state index in [4.69, 9.17) is 46.4 Å². The first kappa shape index (κ1) is 18.8. The highest BCUT2D eigenvalue weighted by molar-refractivity contribution is 7.19. The quantitative estimate of drug-likeness (QED) is 0.318. The van der Waals surface area contributed by atoms with E-state index < -0.39 is 0 Å². The number of hydrogen-bond acceptors (Lipinski definition) is 4. The third-order valence-corrected chi connectivity index (χ3v) is 6.36. The molecule has 8 heteroatoms. The molecule has 4 rings (SSSR count). The molecule has 2 heterocycles. The summed E-state index contributed by atoms with van der Waals surface area (Å²) in [6.45, 7) is 2.06. The summed E-state index contributed by atoms with van der Waals surface area (Å²) < 4.78 is 0. The fourth-order valence-electron chi connectivity index (χ4n) is 2.85. The maximum absolute atomic E-state index is 6.32. The summed E-state index contributed by atoms with van der Waals surface area (Å²) in [5, 5.41) is 6.14. The number of hydrogen-bond donors (Lipinski definition) is 1. The van der Waals surface area contributed by atoms with Gasteiger partial charge in [-0.15, -0.1) is 11.3 Å². The SMILES string of the molecule is Cc1sc2ncnc(Nc3cc(Cl)c(Cl)cc3Cl)c2c1-c1ccc(Cl)cc1. The molecular formula is C19H11Cl4N3S. The smallest absolute Gasteiger partial charge is 0.143 e. The van der Waals surface area contributed by atoms with Crippen molar-refractivity contribution >= 4 is 79.5 Å². The highest BCUT2D eigenvalue weighted by atomic mass is 35.5. The fraction of sp³-hybridized carbons (Fsp3) is 0.0526. The van der Waals surface area contributed by atoms with E-state index in [-0.39, 0.29) is 0 Å². The van der Waals surface area contributed by atoms with E-state index in [1.54, 1.807) is 23.5 Å². The van der Waals surface area contributed by atoms with Crippen LogP contribution in [0.1, 0.15) is 4.88 Å². The Kier molecular flexibility index (Phi) is 5.19. The minimum Gasteiger partial charge on any atom is -0.338 e. The largest absolute Gasteiger partial charge is 0.338 e. The lowest BCUT2D eigenvalue weighted by molar-refractivity contribution is 1.23. The molecule has 0 aliphatic carbocycles. The van der Waals surface area contributed by atoms with Crippen LogP contribution in [-0.2, 0) is 0 Å². The van der Waals surface area contributed by atoms with Crippen LogP contribution in [0.15, 0.2) is 42.7 Å². The number of anilines is 2. The van der Waals surface area contributed by atoms with Crippen LogP contribution < -0.4 is 5.32 Å². The molecule has 0 saturated carbocycles. The second-order valence-electron chi connectivity index (χ2n) is 5.81. The van der Waals surface area contributed by atoms with Crippen molar-refractivity contribution in [2.45, 2.75) is 6.92 Å². The average Bonchev–Trinajstić information content (AvgIpc) is 2.97. The molecule has 0 spiro atoms. The number of benzene rings is 2. The summed E-state index contributed by atoms with van der Waals surface area (Å²) in [7, 11) is 0. The van der Waals surface area contributed by atoms with Gasteiger partial charge in [-0.05, 0) is 36.8 Å². The molecule has 2 aromatic heterocycles. The number of nitrogens with zero attached hydrogens (tertiary/aromatic N) is 2. The lowest BCUT2D eigenvalue weighted by atomic mass is 10.0. The van der Waals surface area contributed by atoms with Gasteiger partial charge in [0.25, 0.3) is 0 Å². The highest BCUT2D eigenvalue weighted by Crippen LogP contribution is 2.42. The van der Waals surface area contributed by atoms with Gasteiger partial charge in [0.1, 0.15) is 17.0 Å². The molecule has 0 bridgehead atoms. The van der Waals surface area contributed by atoms with Crippen LogP contribution in [0.2, 0.25) is 20.1 Å². The fourth-order valence-corrected chi connectivity index (χ4v) is 4.58. The van der Waals surface area contributed by atoms with Gasteiger partial charge in [0.2, 0.25) is 0 Å². The van der Waals surface area contributed by atoms with Gasteiger partial charge in [-0.25, -0.2) is 9.97 Å². The zero-order chi connectivity index (χ0) is 19.1. The Morgan fingerprint density at radius 3 is 2.33 bits per heavy atom. The van der Waals surface area contributed by atoms with Gasteiger partial charge in [-0.3, -0.25) is 0 Å². The molecule has 0 saturated heterocycles. The highest BCUT2D eigenvalue weighted by Gasteiger charge is 2.18. The molecule has 4 aromatic rings. The number of thiophene rings is 1. The molecule has 3 nitrogen and oxygen atoms in total. The van der Waals surface area contributed by atoms with Crippen LogP contribution in [0.4, 0.5) is 11.5 Å². The molecule has 0 amide bonds. The third-order valence-electron chi connectivity index (χ3n) is 4.06. The van der Waals surface area contributed by atoms with E-state index in [0.29, 0.717) is 31.6 Å². The van der Waals surface area contributed by atoms with Crippen molar-refractivity contribution in [1.29, 1.82) is 0 Å². The summed E-state index contributed by atoms with van der Waals surface area (Å²) in [4.78, 5) is 10.9. The van der Waals surface area contributed by atoms with Crippen molar-refractivity contribution in [2.24, 2.45) is 0 Å². The lowest BCUT2D eigenvalue weighted by Crippen LogP contribution is -1.96. The number of aromatic nitrogens is 2. The van der Waals surface area contributed by atoms with Crippen molar-refractivity contribution in [1.82, 2.24) is 9.97 Å². The maximum Gasteiger partial charge on any atom is 0.143 e. The van der Waals surface area contributed by atoms with E-state index >= 15 is 0 Å². The minimum atomic E-state index is 0.397. The maximum atomic E-state index is 6.32. The molecule has 0 atom stereocenters. The molecule has 136 valence electrons. The molecule has 1 N–H and O–H groups in total. The topological polar surface area (TPSA) is 37.8 Å². The lowest BCUT2D eigenvalue weighted by Gasteiger charge is -2.11. The Bertz CT molecular complexity index is 1160. The van der Waals surface area contributed by atoms with Gasteiger partial charge >= 0.3 is 0 Å². The number of fused-ring (bicyclic) bond motifs is 1. The molecule has 0 aliphatic rings. The average molecular weight is 455 g/mol. The Morgan fingerprint density at radius 1 is 0.889 bits per heavy atom. The second-order valence-corrected chi connectivity index (χ2v) is 8.67. The zero-order valence-corrected chi connectivity index (χ0v) is 17.7. The Labute approximate surface area is 179 Å². The first-order chi connectivity index (χ1) is 12.9. The predicted molar refractivity (Wildman–Crippen MR) is 117 cm³/mol. The predicted octanol–water partition coefficient (Wildman–Crippen LogP) is 8.02. The van der Waals surface area contributed by atoms with Crippen LogP contribution in [-0.4, -0.2) is 9.97 Å². The van der Waals surface area contributed by atoms with Crippen LogP contribution in [0.5, 0.6) is 0 Å². The molecule has 2 aromatic carbocycles. The van der Waals surface area contributed by atoms with Gasteiger partial charge in [0.05, 0.1) is 26.1 Å². The summed E-state index contributed by atoms with van der Waals surface area (Å²) in [5.74, 6) is 0.648. The summed E-state index contributed by atoms with van der Waals surface area (Å²) in [6.07, 6.45) is 1.53. The zero-order valence-electron chi connectivity index (χ0n) is 13.9. The first-order valence-corrected chi connectivity index (χ1v) is 10.2. The van der Waals surface area contributed by atoms with Crippen molar-refractivity contribution in [3.63, 3.8) is 0 Å². The molecule has 0 fully saturated rings. The van der Waals surface area contributed by atoms with Gasteiger partial charge in [-0.2, -0.15) is 0 Å². The number of aryl methyl sites for hydroxylation is 1. The standard InChI is InChI=1S/C19H11Cl4N3S/c1-9-16(10-2-4-11(20)5-3-10)17-18(24-8-25-19(17)27-9)26-15-7-13(22)12(21)6-14(15)23/h2-8H,1H3,(H,24,25,26). The molecular weight excluding hydrogens is 444 g/mol. The Hall–Kier alpha value is -1.56. The van der Waals surface area contributed by atoms with Crippen LogP contribution in [0.3, 0.4) is 0 Å². The number of halogens is 4. The van der Waals surface area contributed by atoms with E-state index in [2.05, 4.69) is 22.2 Å². The second kappa shape index (κ2) is 7.46. The molecule has 0 aliphatic heterocycles. The molecule has 0 radical (unpaired) electrons. The molecule has 27 heavy (non-hydrogen) atoms. The summed E-state index contributed by atoms with van der Waals surface area (Å²) >= 11 is 26.1. The van der Waals surface area contributed by atoms with Crippen molar-refractivity contribution < 1.29 is 0 Å². The summed E-state index contributed by atoms with van der Waals surface area (Å²) in [6, 6.07) is 11.0. The van der Waals surface area contributed by atoms with Gasteiger partial charge in [0.15, 0.2) is 0 Å². The normalized spacial score (nSPS) is 11.1. The van der Waals surface area contributed by atoms with E-state index in [1.807, 2.05) is 24.3 Å². The van der Waals surface area contributed by atoms with Crippen molar-refractivity contribution in [3.8, 4) is 11.1 Å². The van der Waals surface area contributed by atoms with Crippen LogP contribution >= 0.6 is 57.7 Å². The van der Waals surface area contributed by atoms with Gasteiger partial charge in [-0.1, -0.05) is 58.5 Å². The first-order valence-electron chi connectivity index (χ1n) is 7.85. The van der Waals surface area contributed by atoms with Crippen LogP contribution in [0, 0.1) is 6.92 Å². The monoisotopic (exact) mass is 453 g/mol. The van der Waals surface area contributed by atoms with Crippen LogP contribution in [0.25, 0.3) is 21.3 Å². The summed E-state index contributed by atoms with van der Waals surface area (Å²) in [5.41, 5.74) is 2.73. The number of nitrogens with one attached hydrogen (secondary N) is 1. The van der Waals surface area contributed by atoms with E-state index in [0.717, 1.165) is 26.2 Å². The van der Waals surface area contributed by atoms with Gasteiger partial charge in [0, 0.05) is 15.5 Å². The van der Waals surface area contributed by atoms with Gasteiger partial charge < -0.3 is 5.32 Å². The van der Waals surface area contributed by atoms with E-state index in [9.17, 15) is 0 Å². The molecule has 0 unspecified atom stereocenters. The minimum absolute atomic E-state index is 0.397. The Balaban J connectivity index is 1.89. The van der Waals surface area contributed by atoms with Crippen molar-refractivity contribution in [2.75, 3.05) is 5.32 Å². The number of rotatable bonds is 3.